The van der Waals surface area contributed by atoms with E-state index < -0.39 is 17.6 Å². The molecule has 5 heteroatoms. The number of carbonyl (C=O) groups excluding carboxylic acids is 1. The summed E-state index contributed by atoms with van der Waals surface area (Å²) in [5.41, 5.74) is -2.36. The van der Waals surface area contributed by atoms with Gasteiger partial charge in [-0.05, 0) is 20.3 Å². The number of alkyl halides is 3. The molecule has 0 aromatic heterocycles. The summed E-state index contributed by atoms with van der Waals surface area (Å²) in [7, 11) is 0. The third kappa shape index (κ3) is 3.39. The van der Waals surface area contributed by atoms with Gasteiger partial charge in [-0.3, -0.25) is 4.79 Å². The van der Waals surface area contributed by atoms with E-state index in [0.717, 1.165) is 6.92 Å². The number of hydrogen-bond acceptors (Lipinski definition) is 2. The Balaban J connectivity index is 4.77. The Labute approximate surface area is 87.8 Å². The SMILES string of the molecule is CCCCC(C)(C(=O)OCC)C(F)(F)F. The molecule has 0 bridgehead atoms. The molecule has 0 saturated carbocycles. The summed E-state index contributed by atoms with van der Waals surface area (Å²) in [6, 6.07) is 0. The van der Waals surface area contributed by atoms with Crippen LogP contribution in [0.4, 0.5) is 13.2 Å². The zero-order chi connectivity index (χ0) is 12.1. The van der Waals surface area contributed by atoms with Crippen LogP contribution in [0.1, 0.15) is 40.0 Å². The molecule has 0 aromatic rings. The molecule has 0 aliphatic rings. The highest BCUT2D eigenvalue weighted by Gasteiger charge is 2.57. The molecule has 0 aliphatic carbocycles. The minimum absolute atomic E-state index is 0.0311. The molecule has 0 aliphatic heterocycles. The normalized spacial score (nSPS) is 15.9. The smallest absolute Gasteiger partial charge is 0.404 e. The van der Waals surface area contributed by atoms with Gasteiger partial charge in [0.05, 0.1) is 6.61 Å². The van der Waals surface area contributed by atoms with Gasteiger partial charge in [0, 0.05) is 0 Å². The van der Waals surface area contributed by atoms with Gasteiger partial charge >= 0.3 is 12.1 Å². The average Bonchev–Trinajstić information content (AvgIpc) is 2.12. The van der Waals surface area contributed by atoms with Crippen LogP contribution < -0.4 is 0 Å². The first-order valence-corrected chi connectivity index (χ1v) is 5.03. The minimum atomic E-state index is -4.55. The lowest BCUT2D eigenvalue weighted by atomic mass is 9.84. The van der Waals surface area contributed by atoms with Crippen molar-refractivity contribution in [2.24, 2.45) is 5.41 Å². The first-order valence-electron chi connectivity index (χ1n) is 5.03. The molecule has 90 valence electrons. The van der Waals surface area contributed by atoms with Gasteiger partial charge in [0.15, 0.2) is 5.41 Å². The van der Waals surface area contributed by atoms with Crippen molar-refractivity contribution < 1.29 is 22.7 Å². The Morgan fingerprint density at radius 3 is 2.13 bits per heavy atom. The second-order valence-corrected chi connectivity index (χ2v) is 3.65. The van der Waals surface area contributed by atoms with Gasteiger partial charge in [0.25, 0.3) is 0 Å². The fourth-order valence-corrected chi connectivity index (χ4v) is 1.18. The molecule has 15 heavy (non-hydrogen) atoms. The molecular formula is C10H17F3O2. The lowest BCUT2D eigenvalue weighted by Crippen LogP contribution is -2.43. The van der Waals surface area contributed by atoms with E-state index in [1.807, 2.05) is 0 Å². The Morgan fingerprint density at radius 1 is 1.27 bits per heavy atom. The van der Waals surface area contributed by atoms with Gasteiger partial charge in [-0.2, -0.15) is 13.2 Å². The molecule has 0 aromatic carbocycles. The fourth-order valence-electron chi connectivity index (χ4n) is 1.18. The summed E-state index contributed by atoms with van der Waals surface area (Å²) < 4.78 is 42.6. The lowest BCUT2D eigenvalue weighted by Gasteiger charge is -2.29. The number of rotatable bonds is 5. The molecule has 0 saturated heterocycles. The highest BCUT2D eigenvalue weighted by atomic mass is 19.4. The van der Waals surface area contributed by atoms with Gasteiger partial charge < -0.3 is 4.74 Å². The van der Waals surface area contributed by atoms with Crippen LogP contribution in [0, 0.1) is 5.41 Å². The Kier molecular flexibility index (Phi) is 5.11. The van der Waals surface area contributed by atoms with Crippen LogP contribution in [0.5, 0.6) is 0 Å². The van der Waals surface area contributed by atoms with Crippen LogP contribution in [-0.4, -0.2) is 18.8 Å². The average molecular weight is 226 g/mol. The Bertz CT molecular complexity index is 213. The molecular weight excluding hydrogens is 209 g/mol. The number of ether oxygens (including phenoxy) is 1. The number of carbonyl (C=O) groups is 1. The Hall–Kier alpha value is -0.740. The fraction of sp³-hybridized carbons (Fsp3) is 0.900. The summed E-state index contributed by atoms with van der Waals surface area (Å²) in [4.78, 5) is 11.3. The van der Waals surface area contributed by atoms with E-state index in [1.54, 1.807) is 6.92 Å². The molecule has 0 N–H and O–H groups in total. The number of hydrogen-bond donors (Lipinski definition) is 0. The zero-order valence-corrected chi connectivity index (χ0v) is 9.28. The molecule has 0 fully saturated rings. The minimum Gasteiger partial charge on any atom is -0.465 e. The van der Waals surface area contributed by atoms with Crippen LogP contribution >= 0.6 is 0 Å². The molecule has 0 heterocycles. The van der Waals surface area contributed by atoms with E-state index in [-0.39, 0.29) is 13.0 Å². The third-order valence-corrected chi connectivity index (χ3v) is 2.38. The maximum absolute atomic E-state index is 12.7. The van der Waals surface area contributed by atoms with E-state index in [1.165, 1.54) is 6.92 Å². The van der Waals surface area contributed by atoms with E-state index in [2.05, 4.69) is 4.74 Å². The maximum Gasteiger partial charge on any atom is 0.404 e. The van der Waals surface area contributed by atoms with Crippen molar-refractivity contribution >= 4 is 5.97 Å². The number of halogens is 3. The lowest BCUT2D eigenvalue weighted by molar-refractivity contribution is -0.231. The molecule has 0 spiro atoms. The highest BCUT2D eigenvalue weighted by Crippen LogP contribution is 2.43. The van der Waals surface area contributed by atoms with Crippen molar-refractivity contribution in [2.45, 2.75) is 46.2 Å². The van der Waals surface area contributed by atoms with Crippen LogP contribution in [0.2, 0.25) is 0 Å². The summed E-state index contributed by atoms with van der Waals surface area (Å²) in [6.45, 7) is 4.15. The largest absolute Gasteiger partial charge is 0.465 e. The molecule has 1 atom stereocenters. The van der Waals surface area contributed by atoms with Crippen molar-refractivity contribution in [1.29, 1.82) is 0 Å². The summed E-state index contributed by atoms with van der Waals surface area (Å²) in [5.74, 6) is -1.18. The van der Waals surface area contributed by atoms with E-state index in [9.17, 15) is 18.0 Å². The number of unbranched alkanes of at least 4 members (excludes halogenated alkanes) is 1. The van der Waals surface area contributed by atoms with Gasteiger partial charge in [-0.25, -0.2) is 0 Å². The molecule has 0 rings (SSSR count). The summed E-state index contributed by atoms with van der Waals surface area (Å²) >= 11 is 0. The molecule has 0 amide bonds. The highest BCUT2D eigenvalue weighted by molar-refractivity contribution is 5.77. The van der Waals surface area contributed by atoms with Crippen LogP contribution in [0.15, 0.2) is 0 Å². The van der Waals surface area contributed by atoms with Crippen molar-refractivity contribution in [1.82, 2.24) is 0 Å². The standard InChI is InChI=1S/C10H17F3O2/c1-4-6-7-9(3,10(11,12)13)8(14)15-5-2/h4-7H2,1-3H3. The predicted octanol–water partition coefficient (Wildman–Crippen LogP) is 3.31. The summed E-state index contributed by atoms with van der Waals surface area (Å²) in [5, 5.41) is 0. The predicted molar refractivity (Wildman–Crippen MR) is 50.3 cm³/mol. The second kappa shape index (κ2) is 5.37. The van der Waals surface area contributed by atoms with Gasteiger partial charge in [-0.1, -0.05) is 19.8 Å². The van der Waals surface area contributed by atoms with Crippen molar-refractivity contribution in [3.8, 4) is 0 Å². The van der Waals surface area contributed by atoms with E-state index in [4.69, 9.17) is 0 Å². The van der Waals surface area contributed by atoms with Crippen LogP contribution in [0.25, 0.3) is 0 Å². The first-order chi connectivity index (χ1) is 6.79. The van der Waals surface area contributed by atoms with Gasteiger partial charge in [0.1, 0.15) is 0 Å². The molecule has 1 unspecified atom stereocenters. The third-order valence-electron chi connectivity index (χ3n) is 2.38. The molecule has 0 radical (unpaired) electrons. The van der Waals surface area contributed by atoms with Crippen molar-refractivity contribution in [3.05, 3.63) is 0 Å². The Morgan fingerprint density at radius 2 is 1.80 bits per heavy atom. The monoisotopic (exact) mass is 226 g/mol. The molecule has 2 nitrogen and oxygen atoms in total. The first kappa shape index (κ1) is 14.3. The second-order valence-electron chi connectivity index (χ2n) is 3.65. The van der Waals surface area contributed by atoms with Gasteiger partial charge in [-0.15, -0.1) is 0 Å². The van der Waals surface area contributed by atoms with Crippen LogP contribution in [0.3, 0.4) is 0 Å². The van der Waals surface area contributed by atoms with Gasteiger partial charge in [0.2, 0.25) is 0 Å². The van der Waals surface area contributed by atoms with Crippen LogP contribution in [-0.2, 0) is 9.53 Å². The zero-order valence-electron chi connectivity index (χ0n) is 9.28. The maximum atomic E-state index is 12.7. The van der Waals surface area contributed by atoms with Crippen molar-refractivity contribution in [2.75, 3.05) is 6.61 Å². The van der Waals surface area contributed by atoms with Crippen molar-refractivity contribution in [3.63, 3.8) is 0 Å². The number of esters is 1. The quantitative estimate of drug-likeness (QED) is 0.672. The topological polar surface area (TPSA) is 26.3 Å². The summed E-state index contributed by atoms with van der Waals surface area (Å²) in [6.07, 6.45) is -3.79. The van der Waals surface area contributed by atoms with E-state index in [0.29, 0.717) is 12.8 Å². The van der Waals surface area contributed by atoms with E-state index >= 15 is 0 Å².